The third-order valence-electron chi connectivity index (χ3n) is 5.42. The topological polar surface area (TPSA) is 58.1 Å². The van der Waals surface area contributed by atoms with Gasteiger partial charge in [-0.05, 0) is 36.8 Å². The quantitative estimate of drug-likeness (QED) is 0.461. The van der Waals surface area contributed by atoms with Gasteiger partial charge in [-0.1, -0.05) is 12.1 Å². The summed E-state index contributed by atoms with van der Waals surface area (Å²) in [6.45, 7) is 1.02. The number of aryl methyl sites for hydroxylation is 1. The van der Waals surface area contributed by atoms with E-state index < -0.39 is 48.4 Å². The summed E-state index contributed by atoms with van der Waals surface area (Å²) in [5.41, 5.74) is -0.442. The van der Waals surface area contributed by atoms with Crippen LogP contribution in [0.3, 0.4) is 0 Å². The first-order valence-corrected chi connectivity index (χ1v) is 11.0. The van der Waals surface area contributed by atoms with E-state index in [4.69, 9.17) is 0 Å². The molecule has 0 aliphatic carbocycles. The number of hydrogen-bond acceptors (Lipinski definition) is 5. The number of nitrogens with zero attached hydrogens (tertiary/aromatic N) is 3. The number of carbonyl (C=O) groups is 1. The normalized spacial score (nSPS) is 17.7. The number of thiazole rings is 1. The van der Waals surface area contributed by atoms with Crippen molar-refractivity contribution in [1.82, 2.24) is 14.9 Å². The molecule has 0 saturated carbocycles. The summed E-state index contributed by atoms with van der Waals surface area (Å²) >= 11 is 1.19. The monoisotopic (exact) mass is 500 g/mol. The molecule has 1 saturated heterocycles. The molecule has 12 heteroatoms. The molecule has 1 amide bonds. The molecule has 2 aromatic heterocycles. The lowest BCUT2D eigenvalue weighted by atomic mass is 10.1. The van der Waals surface area contributed by atoms with E-state index in [-0.39, 0.29) is 18.1 Å². The van der Waals surface area contributed by atoms with Crippen molar-refractivity contribution in [2.45, 2.75) is 31.5 Å². The van der Waals surface area contributed by atoms with Crippen LogP contribution in [0.4, 0.5) is 32.2 Å². The van der Waals surface area contributed by atoms with Crippen molar-refractivity contribution >= 4 is 23.1 Å². The molecule has 3 heterocycles. The smallest absolute Gasteiger partial charge is 0.368 e. The second kappa shape index (κ2) is 8.90. The van der Waals surface area contributed by atoms with Crippen LogP contribution in [0.25, 0.3) is 10.4 Å². The van der Waals surface area contributed by atoms with E-state index >= 15 is 0 Å². The van der Waals surface area contributed by atoms with E-state index in [1.807, 2.05) is 0 Å². The minimum atomic E-state index is -4.57. The Morgan fingerprint density at radius 1 is 1.21 bits per heavy atom. The molecule has 0 unspecified atom stereocenters. The van der Waals surface area contributed by atoms with Gasteiger partial charge in [0.1, 0.15) is 23.4 Å². The number of nitrogens with one attached hydrogen (secondary N) is 1. The molecule has 0 radical (unpaired) electrons. The highest BCUT2D eigenvalue weighted by Crippen LogP contribution is 2.38. The van der Waals surface area contributed by atoms with Gasteiger partial charge in [0, 0.05) is 25.7 Å². The van der Waals surface area contributed by atoms with Gasteiger partial charge in [0.05, 0.1) is 15.4 Å². The lowest BCUT2D eigenvalue weighted by Crippen LogP contribution is -2.47. The van der Waals surface area contributed by atoms with Gasteiger partial charge in [0.15, 0.2) is 0 Å². The maximum Gasteiger partial charge on any atom is 0.417 e. The van der Waals surface area contributed by atoms with E-state index in [2.05, 4.69) is 15.3 Å². The molecule has 1 aliphatic rings. The third-order valence-corrected chi connectivity index (χ3v) is 6.44. The fraction of sp³-hybridized carbons (Fsp3) is 0.318. The van der Waals surface area contributed by atoms with Crippen LogP contribution in [0.15, 0.2) is 42.6 Å². The summed E-state index contributed by atoms with van der Waals surface area (Å²) in [7, 11) is 0. The summed E-state index contributed by atoms with van der Waals surface area (Å²) in [6, 6.07) is 5.68. The Balaban J connectivity index is 1.56. The van der Waals surface area contributed by atoms with Gasteiger partial charge >= 0.3 is 6.18 Å². The molecule has 180 valence electrons. The maximum absolute atomic E-state index is 14.7. The number of aromatic nitrogens is 2. The lowest BCUT2D eigenvalue weighted by Gasteiger charge is -2.28. The molecule has 1 aliphatic heterocycles. The fourth-order valence-electron chi connectivity index (χ4n) is 3.69. The van der Waals surface area contributed by atoms with Crippen molar-refractivity contribution in [2.24, 2.45) is 0 Å². The maximum atomic E-state index is 14.7. The van der Waals surface area contributed by atoms with Gasteiger partial charge in [-0.25, -0.2) is 23.1 Å². The van der Waals surface area contributed by atoms with Crippen LogP contribution in [0, 0.1) is 12.7 Å². The number of pyridine rings is 1. The van der Waals surface area contributed by atoms with Gasteiger partial charge in [-0.2, -0.15) is 13.2 Å². The largest absolute Gasteiger partial charge is 0.417 e. The van der Waals surface area contributed by atoms with Crippen LogP contribution in [-0.4, -0.2) is 45.8 Å². The SMILES string of the molecule is Cc1nc(C(=O)N2CCC(F)(F)[C@H]2CNc2ccc(C(F)(F)F)cn2)c(-c2ccc(F)cc2)s1. The Morgan fingerprint density at radius 3 is 2.53 bits per heavy atom. The third kappa shape index (κ3) is 4.86. The van der Waals surface area contributed by atoms with Crippen LogP contribution in [0.5, 0.6) is 0 Å². The zero-order valence-corrected chi connectivity index (χ0v) is 18.5. The predicted molar refractivity (Wildman–Crippen MR) is 114 cm³/mol. The second-order valence-corrected chi connectivity index (χ2v) is 8.96. The minimum Gasteiger partial charge on any atom is -0.368 e. The van der Waals surface area contributed by atoms with Crippen molar-refractivity contribution in [3.05, 3.63) is 64.7 Å². The number of benzene rings is 1. The summed E-state index contributed by atoms with van der Waals surface area (Å²) in [6.07, 6.45) is -4.53. The van der Waals surface area contributed by atoms with Crippen LogP contribution < -0.4 is 5.32 Å². The van der Waals surface area contributed by atoms with Gasteiger partial charge in [0.25, 0.3) is 11.8 Å². The fourth-order valence-corrected chi connectivity index (χ4v) is 4.61. The van der Waals surface area contributed by atoms with Crippen LogP contribution in [0.1, 0.15) is 27.5 Å². The van der Waals surface area contributed by atoms with Crippen molar-refractivity contribution in [3.63, 3.8) is 0 Å². The Labute approximate surface area is 194 Å². The van der Waals surface area contributed by atoms with Gasteiger partial charge in [0.2, 0.25) is 0 Å². The predicted octanol–water partition coefficient (Wildman–Crippen LogP) is 5.63. The first kappa shape index (κ1) is 24.0. The van der Waals surface area contributed by atoms with Gasteiger partial charge < -0.3 is 10.2 Å². The first-order chi connectivity index (χ1) is 16.0. The van der Waals surface area contributed by atoms with Crippen molar-refractivity contribution in [1.29, 1.82) is 0 Å². The summed E-state index contributed by atoms with van der Waals surface area (Å²) < 4.78 is 80.8. The standard InChI is InChI=1S/C22H18F6N4OS/c1-12-31-18(19(34-12)13-2-5-15(23)6-3-13)20(33)32-9-8-21(24,25)16(32)11-30-17-7-4-14(10-29-17)22(26,27)28/h2-7,10,16H,8-9,11H2,1H3,(H,29,30)/t16-/m1/s1. The van der Waals surface area contributed by atoms with E-state index in [1.165, 1.54) is 35.6 Å². The van der Waals surface area contributed by atoms with Crippen LogP contribution in [0.2, 0.25) is 0 Å². The molecule has 1 fully saturated rings. The van der Waals surface area contributed by atoms with E-state index in [0.717, 1.165) is 17.0 Å². The molecule has 0 bridgehead atoms. The Hall–Kier alpha value is -3.15. The van der Waals surface area contributed by atoms with E-state index in [1.54, 1.807) is 6.92 Å². The molecule has 4 rings (SSSR count). The minimum absolute atomic E-state index is 0.00976. The number of alkyl halides is 5. The molecule has 0 spiro atoms. The molecular weight excluding hydrogens is 482 g/mol. The number of anilines is 1. The Bertz CT molecular complexity index is 1180. The molecule has 1 atom stereocenters. The number of likely N-dealkylation sites (tertiary alicyclic amines) is 1. The molecular formula is C22H18F6N4OS. The van der Waals surface area contributed by atoms with Crippen molar-refractivity contribution < 1.29 is 31.1 Å². The molecule has 5 nitrogen and oxygen atoms in total. The summed E-state index contributed by atoms with van der Waals surface area (Å²) in [4.78, 5) is 22.6. The van der Waals surface area contributed by atoms with E-state index in [0.29, 0.717) is 21.6 Å². The molecule has 1 aromatic carbocycles. The van der Waals surface area contributed by atoms with Crippen molar-refractivity contribution in [3.8, 4) is 10.4 Å². The first-order valence-electron chi connectivity index (χ1n) is 10.1. The Kier molecular flexibility index (Phi) is 6.28. The average molecular weight is 500 g/mol. The highest BCUT2D eigenvalue weighted by atomic mass is 32.1. The zero-order valence-electron chi connectivity index (χ0n) is 17.7. The lowest BCUT2D eigenvalue weighted by molar-refractivity contribution is -0.137. The average Bonchev–Trinajstić information content (AvgIpc) is 3.31. The van der Waals surface area contributed by atoms with Crippen LogP contribution in [-0.2, 0) is 6.18 Å². The molecule has 34 heavy (non-hydrogen) atoms. The highest BCUT2D eigenvalue weighted by molar-refractivity contribution is 7.15. The van der Waals surface area contributed by atoms with E-state index in [9.17, 15) is 31.1 Å². The number of amides is 1. The van der Waals surface area contributed by atoms with Gasteiger partial charge in [-0.3, -0.25) is 4.79 Å². The Morgan fingerprint density at radius 2 is 1.91 bits per heavy atom. The van der Waals surface area contributed by atoms with Crippen LogP contribution >= 0.6 is 11.3 Å². The number of carbonyl (C=O) groups excluding carboxylic acids is 1. The summed E-state index contributed by atoms with van der Waals surface area (Å²) in [5, 5.41) is 3.14. The number of hydrogen-bond donors (Lipinski definition) is 1. The highest BCUT2D eigenvalue weighted by Gasteiger charge is 2.51. The molecule has 1 N–H and O–H groups in total. The number of rotatable bonds is 5. The number of halogens is 6. The second-order valence-electron chi connectivity index (χ2n) is 7.75. The van der Waals surface area contributed by atoms with Crippen molar-refractivity contribution in [2.75, 3.05) is 18.4 Å². The zero-order chi connectivity index (χ0) is 24.7. The summed E-state index contributed by atoms with van der Waals surface area (Å²) in [5.74, 6) is -4.41. The van der Waals surface area contributed by atoms with Gasteiger partial charge in [-0.15, -0.1) is 11.3 Å². The molecule has 3 aromatic rings.